The van der Waals surface area contributed by atoms with E-state index in [9.17, 15) is 23.1 Å². The average molecular weight is 318 g/mol. The smallest absolute Gasteiger partial charge is 0.417 e. The van der Waals surface area contributed by atoms with Crippen LogP contribution in [0.2, 0.25) is 5.02 Å². The summed E-state index contributed by atoms with van der Waals surface area (Å²) in [5, 5.41) is 9.17. The first-order valence-electron chi connectivity index (χ1n) is 6.04. The molecule has 2 aromatic rings. The van der Waals surface area contributed by atoms with E-state index in [0.717, 1.165) is 18.2 Å². The number of halogens is 4. The normalized spacial score (nSPS) is 11.7. The Morgan fingerprint density at radius 1 is 1.24 bits per heavy atom. The van der Waals surface area contributed by atoms with Crippen LogP contribution in [0.15, 0.2) is 35.3 Å². The maximum Gasteiger partial charge on any atom is 0.417 e. The molecule has 2 rings (SSSR count). The van der Waals surface area contributed by atoms with Gasteiger partial charge in [-0.2, -0.15) is 13.2 Å². The van der Waals surface area contributed by atoms with Gasteiger partial charge in [-0.05, 0) is 30.7 Å². The van der Waals surface area contributed by atoms with Crippen molar-refractivity contribution in [2.45, 2.75) is 19.6 Å². The molecule has 0 aliphatic carbocycles. The Morgan fingerprint density at radius 2 is 1.90 bits per heavy atom. The first-order valence-corrected chi connectivity index (χ1v) is 6.42. The van der Waals surface area contributed by atoms with Crippen molar-refractivity contribution in [3.63, 3.8) is 0 Å². The van der Waals surface area contributed by atoms with Gasteiger partial charge >= 0.3 is 6.18 Å². The molecule has 0 saturated carbocycles. The van der Waals surface area contributed by atoms with Gasteiger partial charge in [-0.1, -0.05) is 17.7 Å². The minimum absolute atomic E-state index is 0.212. The van der Waals surface area contributed by atoms with Gasteiger partial charge in [0.15, 0.2) is 5.75 Å². The quantitative estimate of drug-likeness (QED) is 0.912. The predicted molar refractivity (Wildman–Crippen MR) is 73.5 cm³/mol. The number of nitrogens with zero attached hydrogens (tertiary/aromatic N) is 1. The fourth-order valence-corrected chi connectivity index (χ4v) is 2.16. The van der Waals surface area contributed by atoms with Crippen molar-refractivity contribution in [3.8, 4) is 16.9 Å². The van der Waals surface area contributed by atoms with Crippen LogP contribution in [-0.2, 0) is 12.7 Å². The monoisotopic (exact) mass is 317 g/mol. The molecule has 0 aliphatic heterocycles. The van der Waals surface area contributed by atoms with Crippen molar-refractivity contribution in [3.05, 3.63) is 51.4 Å². The number of alkyl halides is 3. The van der Waals surface area contributed by atoms with Crippen LogP contribution in [0.5, 0.6) is 5.75 Å². The standard InChI is InChI=1S/C14H11ClF3NO2/c1-2-19-7-9(6-12(20)13(19)21)8-3-4-11(15)10(5-8)14(16,17)18/h3-7,20H,2H2,1H3. The predicted octanol–water partition coefficient (Wildman–Crippen LogP) is 3.91. The van der Waals surface area contributed by atoms with Crippen molar-refractivity contribution in [2.24, 2.45) is 0 Å². The van der Waals surface area contributed by atoms with E-state index in [0.29, 0.717) is 12.1 Å². The molecule has 0 radical (unpaired) electrons. The lowest BCUT2D eigenvalue weighted by Crippen LogP contribution is -2.18. The van der Waals surface area contributed by atoms with E-state index in [1.165, 1.54) is 16.8 Å². The zero-order chi connectivity index (χ0) is 15.8. The van der Waals surface area contributed by atoms with Crippen LogP contribution in [0.25, 0.3) is 11.1 Å². The number of pyridine rings is 1. The molecule has 0 unspecified atom stereocenters. The van der Waals surface area contributed by atoms with E-state index in [1.807, 2.05) is 0 Å². The van der Waals surface area contributed by atoms with Crippen molar-refractivity contribution >= 4 is 11.6 Å². The van der Waals surface area contributed by atoms with E-state index < -0.39 is 28.1 Å². The molecule has 0 spiro atoms. The van der Waals surface area contributed by atoms with E-state index in [2.05, 4.69) is 0 Å². The second kappa shape index (κ2) is 5.44. The van der Waals surface area contributed by atoms with Crippen molar-refractivity contribution in [1.82, 2.24) is 4.57 Å². The zero-order valence-electron chi connectivity index (χ0n) is 10.9. The largest absolute Gasteiger partial charge is 0.503 e. The Bertz CT molecular complexity index is 738. The molecular weight excluding hydrogens is 307 g/mol. The Balaban J connectivity index is 2.63. The molecule has 0 bridgehead atoms. The average Bonchev–Trinajstić information content (AvgIpc) is 2.41. The highest BCUT2D eigenvalue weighted by Gasteiger charge is 2.33. The van der Waals surface area contributed by atoms with Gasteiger partial charge in [0.1, 0.15) is 0 Å². The SMILES string of the molecule is CCn1cc(-c2ccc(Cl)c(C(F)(F)F)c2)cc(O)c1=O. The van der Waals surface area contributed by atoms with Gasteiger partial charge < -0.3 is 9.67 Å². The maximum atomic E-state index is 12.8. The molecule has 112 valence electrons. The third kappa shape index (κ3) is 3.05. The van der Waals surface area contributed by atoms with Crippen LogP contribution >= 0.6 is 11.6 Å². The number of aromatic nitrogens is 1. The third-order valence-corrected chi connectivity index (χ3v) is 3.34. The van der Waals surface area contributed by atoms with Crippen molar-refractivity contribution in [1.29, 1.82) is 0 Å². The minimum Gasteiger partial charge on any atom is -0.503 e. The summed E-state index contributed by atoms with van der Waals surface area (Å²) >= 11 is 5.56. The minimum atomic E-state index is -4.58. The van der Waals surface area contributed by atoms with E-state index in [1.54, 1.807) is 6.92 Å². The van der Waals surface area contributed by atoms with Gasteiger partial charge in [-0.25, -0.2) is 0 Å². The summed E-state index contributed by atoms with van der Waals surface area (Å²) in [6, 6.07) is 4.56. The number of hydrogen-bond donors (Lipinski definition) is 1. The van der Waals surface area contributed by atoms with E-state index >= 15 is 0 Å². The van der Waals surface area contributed by atoms with Crippen LogP contribution < -0.4 is 5.56 Å². The van der Waals surface area contributed by atoms with Crippen LogP contribution in [-0.4, -0.2) is 9.67 Å². The number of aromatic hydroxyl groups is 1. The molecule has 1 aromatic heterocycles. The maximum absolute atomic E-state index is 12.8. The topological polar surface area (TPSA) is 42.2 Å². The summed E-state index contributed by atoms with van der Waals surface area (Å²) < 4.78 is 39.7. The second-order valence-electron chi connectivity index (χ2n) is 4.40. The summed E-state index contributed by atoms with van der Waals surface area (Å²) in [5.74, 6) is -0.516. The van der Waals surface area contributed by atoms with Crippen LogP contribution in [0.4, 0.5) is 13.2 Å². The molecule has 0 saturated heterocycles. The van der Waals surface area contributed by atoms with Gasteiger partial charge in [0.2, 0.25) is 0 Å². The number of rotatable bonds is 2. The summed E-state index contributed by atoms with van der Waals surface area (Å²) in [7, 11) is 0. The molecule has 0 aliphatic rings. The van der Waals surface area contributed by atoms with Gasteiger partial charge in [0.05, 0.1) is 10.6 Å². The van der Waals surface area contributed by atoms with Crippen LogP contribution in [0, 0.1) is 0 Å². The van der Waals surface area contributed by atoms with E-state index in [4.69, 9.17) is 11.6 Å². The Kier molecular flexibility index (Phi) is 4.00. The molecule has 1 heterocycles. The number of aryl methyl sites for hydroxylation is 1. The molecule has 1 N–H and O–H groups in total. The van der Waals surface area contributed by atoms with Crippen LogP contribution in [0.1, 0.15) is 12.5 Å². The molecule has 3 nitrogen and oxygen atoms in total. The van der Waals surface area contributed by atoms with Gasteiger partial charge in [0.25, 0.3) is 5.56 Å². The zero-order valence-corrected chi connectivity index (χ0v) is 11.7. The molecule has 0 atom stereocenters. The Morgan fingerprint density at radius 3 is 2.48 bits per heavy atom. The summed E-state index contributed by atoms with van der Waals surface area (Å²) in [5.41, 5.74) is -1.04. The van der Waals surface area contributed by atoms with Gasteiger partial charge in [-0.15, -0.1) is 0 Å². The van der Waals surface area contributed by atoms with Gasteiger partial charge in [-0.3, -0.25) is 4.79 Å². The lowest BCUT2D eigenvalue weighted by molar-refractivity contribution is -0.137. The highest BCUT2D eigenvalue weighted by molar-refractivity contribution is 6.31. The molecule has 0 amide bonds. The first-order chi connectivity index (χ1) is 9.74. The van der Waals surface area contributed by atoms with Crippen molar-refractivity contribution in [2.75, 3.05) is 0 Å². The summed E-state index contributed by atoms with van der Waals surface area (Å²) in [6.07, 6.45) is -3.18. The number of hydrogen-bond acceptors (Lipinski definition) is 2. The first kappa shape index (κ1) is 15.4. The fourth-order valence-electron chi connectivity index (χ4n) is 1.93. The molecule has 0 fully saturated rings. The third-order valence-electron chi connectivity index (χ3n) is 3.01. The van der Waals surface area contributed by atoms with Gasteiger partial charge in [0, 0.05) is 18.3 Å². The Hall–Kier alpha value is -1.95. The highest BCUT2D eigenvalue weighted by Crippen LogP contribution is 2.37. The van der Waals surface area contributed by atoms with Crippen molar-refractivity contribution < 1.29 is 18.3 Å². The lowest BCUT2D eigenvalue weighted by atomic mass is 10.0. The fraction of sp³-hybridized carbons (Fsp3) is 0.214. The molecule has 21 heavy (non-hydrogen) atoms. The summed E-state index contributed by atoms with van der Waals surface area (Å²) in [6.45, 7) is 1.98. The lowest BCUT2D eigenvalue weighted by Gasteiger charge is -2.12. The molecule has 7 heteroatoms. The second-order valence-corrected chi connectivity index (χ2v) is 4.80. The van der Waals surface area contributed by atoms with Crippen LogP contribution in [0.3, 0.4) is 0 Å². The Labute approximate surface area is 123 Å². The highest BCUT2D eigenvalue weighted by atomic mass is 35.5. The molecular formula is C14H11ClF3NO2. The van der Waals surface area contributed by atoms with E-state index in [-0.39, 0.29) is 5.56 Å². The number of benzene rings is 1. The molecule has 1 aromatic carbocycles. The summed E-state index contributed by atoms with van der Waals surface area (Å²) in [4.78, 5) is 11.6.